The molecule has 6 heteroatoms. The van der Waals surface area contributed by atoms with Gasteiger partial charge in [-0.05, 0) is 19.1 Å². The fraction of sp³-hybridized carbons (Fsp3) is 0.100. The van der Waals surface area contributed by atoms with E-state index in [0.717, 1.165) is 17.0 Å². The van der Waals surface area contributed by atoms with Crippen LogP contribution in [-0.2, 0) is 0 Å². The monoisotopic (exact) mass is 235 g/mol. The van der Waals surface area contributed by atoms with Gasteiger partial charge in [-0.15, -0.1) is 0 Å². The Morgan fingerprint density at radius 2 is 2.38 bits per heavy atom. The summed E-state index contributed by atoms with van der Waals surface area (Å²) in [7, 11) is 0. The summed E-state index contributed by atoms with van der Waals surface area (Å²) < 4.78 is 4.68. The molecule has 1 amide bonds. The van der Waals surface area contributed by atoms with Gasteiger partial charge in [0, 0.05) is 22.8 Å². The minimum Gasteiger partial charge on any atom is -0.381 e. The Kier molecular flexibility index (Phi) is 2.82. The zero-order chi connectivity index (χ0) is 11.5. The van der Waals surface area contributed by atoms with Crippen LogP contribution in [0, 0.1) is 6.92 Å². The highest BCUT2D eigenvalue weighted by atomic mass is 32.1. The minimum absolute atomic E-state index is 0.241. The lowest BCUT2D eigenvalue weighted by Crippen LogP contribution is -2.15. The number of primary amides is 1. The molecule has 0 aliphatic heterocycles. The summed E-state index contributed by atoms with van der Waals surface area (Å²) in [6.45, 7) is 1.89. The van der Waals surface area contributed by atoms with Crippen molar-refractivity contribution in [1.29, 1.82) is 0 Å². The highest BCUT2D eigenvalue weighted by molar-refractivity contribution is 7.11. The van der Waals surface area contributed by atoms with Gasteiger partial charge in [0.15, 0.2) is 0 Å². The largest absolute Gasteiger partial charge is 0.411 e. The average molecular weight is 235 g/mol. The molecule has 0 saturated carbocycles. The minimum atomic E-state index is -0.858. The van der Waals surface area contributed by atoms with Crippen molar-refractivity contribution in [2.75, 3.05) is 0 Å². The van der Waals surface area contributed by atoms with Gasteiger partial charge in [-0.3, -0.25) is 4.98 Å². The number of hydrogen-bond acceptors (Lipinski definition) is 5. The number of amides is 1. The molecule has 0 fully saturated rings. The molecular formula is C10H9N3O2S. The van der Waals surface area contributed by atoms with E-state index in [2.05, 4.69) is 14.7 Å². The first-order chi connectivity index (χ1) is 7.66. The molecule has 0 aliphatic rings. The predicted octanol–water partition coefficient (Wildman–Crippen LogP) is 1.97. The third kappa shape index (κ3) is 2.17. The van der Waals surface area contributed by atoms with Crippen LogP contribution in [0.2, 0.25) is 0 Å². The number of thiazole rings is 1. The van der Waals surface area contributed by atoms with Crippen LogP contribution in [0.3, 0.4) is 0 Å². The van der Waals surface area contributed by atoms with E-state index in [9.17, 15) is 4.79 Å². The van der Waals surface area contributed by atoms with E-state index in [1.54, 1.807) is 11.6 Å². The molecule has 0 aromatic carbocycles. The molecule has 0 unspecified atom stereocenters. The van der Waals surface area contributed by atoms with Crippen molar-refractivity contribution in [1.82, 2.24) is 9.97 Å². The lowest BCUT2D eigenvalue weighted by molar-refractivity contribution is 0.210. The molecule has 0 atom stereocenters. The van der Waals surface area contributed by atoms with Crippen molar-refractivity contribution in [3.05, 3.63) is 29.4 Å². The van der Waals surface area contributed by atoms with Crippen LogP contribution in [0.15, 0.2) is 23.7 Å². The van der Waals surface area contributed by atoms with Crippen molar-refractivity contribution in [3.8, 4) is 16.5 Å². The third-order valence-electron chi connectivity index (χ3n) is 1.95. The first-order valence-corrected chi connectivity index (χ1v) is 5.39. The van der Waals surface area contributed by atoms with E-state index < -0.39 is 6.09 Å². The Hall–Kier alpha value is -1.95. The van der Waals surface area contributed by atoms with E-state index in [1.165, 1.54) is 11.3 Å². The van der Waals surface area contributed by atoms with Gasteiger partial charge >= 0.3 is 6.09 Å². The Bertz CT molecular complexity index is 524. The quantitative estimate of drug-likeness (QED) is 0.863. The number of nitrogens with two attached hydrogens (primary N) is 1. The maximum atomic E-state index is 10.5. The van der Waals surface area contributed by atoms with Crippen LogP contribution in [0.5, 0.6) is 5.19 Å². The van der Waals surface area contributed by atoms with Gasteiger partial charge in [-0.1, -0.05) is 11.3 Å². The van der Waals surface area contributed by atoms with Crippen LogP contribution in [0.25, 0.3) is 11.3 Å². The number of nitrogens with zero attached hydrogens (tertiary/aromatic N) is 2. The van der Waals surface area contributed by atoms with E-state index in [0.29, 0.717) is 0 Å². The Labute approximate surface area is 95.9 Å². The molecule has 2 heterocycles. The third-order valence-corrected chi connectivity index (χ3v) is 2.67. The second kappa shape index (κ2) is 4.28. The first kappa shape index (κ1) is 10.6. The predicted molar refractivity (Wildman–Crippen MR) is 60.3 cm³/mol. The Morgan fingerprint density at radius 1 is 1.56 bits per heavy atom. The van der Waals surface area contributed by atoms with Gasteiger partial charge in [-0.2, -0.15) is 0 Å². The number of carbonyl (C=O) groups is 1. The number of aromatic nitrogens is 2. The van der Waals surface area contributed by atoms with Crippen LogP contribution in [0.1, 0.15) is 5.69 Å². The zero-order valence-corrected chi connectivity index (χ0v) is 9.32. The molecule has 0 aliphatic carbocycles. The topological polar surface area (TPSA) is 78.1 Å². The van der Waals surface area contributed by atoms with Crippen molar-refractivity contribution < 1.29 is 9.53 Å². The molecule has 0 spiro atoms. The van der Waals surface area contributed by atoms with E-state index in [-0.39, 0.29) is 5.19 Å². The summed E-state index contributed by atoms with van der Waals surface area (Å²) in [4.78, 5) is 18.8. The summed E-state index contributed by atoms with van der Waals surface area (Å²) in [5.74, 6) is 0. The zero-order valence-electron chi connectivity index (χ0n) is 8.51. The molecule has 0 bridgehead atoms. The molecule has 2 aromatic rings. The lowest BCUT2D eigenvalue weighted by atomic mass is 10.1. The van der Waals surface area contributed by atoms with Gasteiger partial charge < -0.3 is 10.5 Å². The summed E-state index contributed by atoms with van der Waals surface area (Å²) in [6.07, 6.45) is 0.857. The summed E-state index contributed by atoms with van der Waals surface area (Å²) in [6, 6.07) is 3.74. The number of carbonyl (C=O) groups excluding carboxylic acids is 1. The van der Waals surface area contributed by atoms with Crippen molar-refractivity contribution in [2.24, 2.45) is 5.73 Å². The Balaban J connectivity index is 2.32. The second-order valence-electron chi connectivity index (χ2n) is 3.06. The van der Waals surface area contributed by atoms with Crippen molar-refractivity contribution in [2.45, 2.75) is 6.92 Å². The van der Waals surface area contributed by atoms with Crippen LogP contribution >= 0.6 is 11.3 Å². The standard InChI is InChI=1S/C10H9N3O2S/c1-6-7(3-2-4-12-6)8-5-16-10(13-8)15-9(11)14/h2-5H,1H3,(H2,11,14). The van der Waals surface area contributed by atoms with Gasteiger partial charge in [0.05, 0.1) is 5.69 Å². The lowest BCUT2D eigenvalue weighted by Gasteiger charge is -1.99. The molecule has 0 saturated heterocycles. The van der Waals surface area contributed by atoms with Gasteiger partial charge in [0.25, 0.3) is 5.19 Å². The number of pyridine rings is 1. The van der Waals surface area contributed by atoms with Crippen molar-refractivity contribution >= 4 is 17.4 Å². The summed E-state index contributed by atoms with van der Waals surface area (Å²) in [5.41, 5.74) is 7.41. The highest BCUT2D eigenvalue weighted by Crippen LogP contribution is 2.27. The van der Waals surface area contributed by atoms with Gasteiger partial charge in [-0.25, -0.2) is 9.78 Å². The van der Waals surface area contributed by atoms with Crippen LogP contribution < -0.4 is 10.5 Å². The van der Waals surface area contributed by atoms with E-state index in [1.807, 2.05) is 19.1 Å². The first-order valence-electron chi connectivity index (χ1n) is 4.51. The molecule has 2 aromatic heterocycles. The van der Waals surface area contributed by atoms with Crippen LogP contribution in [-0.4, -0.2) is 16.1 Å². The average Bonchev–Trinajstić information content (AvgIpc) is 2.66. The molecule has 2 N–H and O–H groups in total. The number of rotatable bonds is 2. The van der Waals surface area contributed by atoms with Crippen molar-refractivity contribution in [3.63, 3.8) is 0 Å². The molecule has 0 radical (unpaired) electrons. The van der Waals surface area contributed by atoms with E-state index >= 15 is 0 Å². The smallest absolute Gasteiger partial charge is 0.381 e. The molecule has 82 valence electrons. The molecule has 16 heavy (non-hydrogen) atoms. The second-order valence-corrected chi connectivity index (χ2v) is 3.88. The number of hydrogen-bond donors (Lipinski definition) is 1. The van der Waals surface area contributed by atoms with E-state index in [4.69, 9.17) is 5.73 Å². The maximum absolute atomic E-state index is 10.5. The molecule has 2 rings (SSSR count). The summed E-state index contributed by atoms with van der Waals surface area (Å²) in [5, 5.41) is 2.04. The van der Waals surface area contributed by atoms with Gasteiger partial charge in [0.1, 0.15) is 0 Å². The van der Waals surface area contributed by atoms with Gasteiger partial charge in [0.2, 0.25) is 0 Å². The Morgan fingerprint density at radius 3 is 3.06 bits per heavy atom. The number of ether oxygens (including phenoxy) is 1. The molecule has 5 nitrogen and oxygen atoms in total. The maximum Gasteiger partial charge on any atom is 0.411 e. The fourth-order valence-electron chi connectivity index (χ4n) is 1.27. The normalized spacial score (nSPS) is 10.1. The summed E-state index contributed by atoms with van der Waals surface area (Å²) >= 11 is 1.22. The SMILES string of the molecule is Cc1ncccc1-c1csc(OC(N)=O)n1. The number of aryl methyl sites for hydroxylation is 1. The highest BCUT2D eigenvalue weighted by Gasteiger charge is 2.09. The van der Waals surface area contributed by atoms with Crippen LogP contribution in [0.4, 0.5) is 4.79 Å². The fourth-order valence-corrected chi connectivity index (χ4v) is 1.94. The molecular weight excluding hydrogens is 226 g/mol.